The minimum Gasteiger partial charge on any atom is -0.261 e. The summed E-state index contributed by atoms with van der Waals surface area (Å²) in [6.07, 6.45) is 8.00. The van der Waals surface area contributed by atoms with Gasteiger partial charge in [-0.25, -0.2) is 0 Å². The zero-order valence-corrected chi connectivity index (χ0v) is 7.62. The Hall–Kier alpha value is -0.920. The Labute approximate surface area is 73.1 Å². The van der Waals surface area contributed by atoms with Crippen LogP contribution in [0.15, 0.2) is 18.6 Å². The monoisotopic (exact) mass is 162 g/mol. The highest BCUT2D eigenvalue weighted by atomic mass is 14.8. The van der Waals surface area contributed by atoms with Crippen LogP contribution in [0.1, 0.15) is 32.4 Å². The lowest BCUT2D eigenvalue weighted by molar-refractivity contribution is 0.468. The molecule has 0 atom stereocenters. The van der Waals surface area contributed by atoms with E-state index in [9.17, 15) is 0 Å². The first-order chi connectivity index (χ1) is 5.76. The summed E-state index contributed by atoms with van der Waals surface area (Å²) >= 11 is 0. The highest BCUT2D eigenvalue weighted by molar-refractivity contribution is 5.22. The van der Waals surface area contributed by atoms with E-state index in [-0.39, 0.29) is 0 Å². The van der Waals surface area contributed by atoms with Gasteiger partial charge < -0.3 is 0 Å². The number of hydrogen-bond donors (Lipinski definition) is 0. The Kier molecular flexibility index (Phi) is 1.63. The van der Waals surface area contributed by atoms with Crippen molar-refractivity contribution in [1.82, 2.24) is 9.97 Å². The lowest BCUT2D eigenvalue weighted by atomic mass is 9.89. The summed E-state index contributed by atoms with van der Waals surface area (Å²) in [5.74, 6) is 0.689. The zero-order valence-electron chi connectivity index (χ0n) is 7.62. The summed E-state index contributed by atoms with van der Waals surface area (Å²) in [6.45, 7) is 4.53. The Morgan fingerprint density at radius 1 is 1.33 bits per heavy atom. The van der Waals surface area contributed by atoms with Gasteiger partial charge in [0.2, 0.25) is 0 Å². The summed E-state index contributed by atoms with van der Waals surface area (Å²) in [5.41, 5.74) is 1.55. The van der Waals surface area contributed by atoms with Gasteiger partial charge in [-0.15, -0.1) is 0 Å². The van der Waals surface area contributed by atoms with E-state index < -0.39 is 0 Å². The highest BCUT2D eigenvalue weighted by Crippen LogP contribution is 2.52. The van der Waals surface area contributed by atoms with Crippen LogP contribution in [-0.4, -0.2) is 9.97 Å². The maximum Gasteiger partial charge on any atom is 0.0650 e. The average Bonchev–Trinajstić information content (AvgIpc) is 2.86. The van der Waals surface area contributed by atoms with E-state index in [2.05, 4.69) is 23.8 Å². The van der Waals surface area contributed by atoms with E-state index in [0.717, 1.165) is 0 Å². The molecule has 0 spiro atoms. The maximum absolute atomic E-state index is 4.37. The molecule has 1 saturated carbocycles. The van der Waals surface area contributed by atoms with Crippen LogP contribution < -0.4 is 0 Å². The summed E-state index contributed by atoms with van der Waals surface area (Å²) in [5, 5.41) is 0. The quantitative estimate of drug-likeness (QED) is 0.666. The fourth-order valence-corrected chi connectivity index (χ4v) is 1.82. The van der Waals surface area contributed by atoms with Crippen LogP contribution in [0.2, 0.25) is 0 Å². The van der Waals surface area contributed by atoms with Gasteiger partial charge in [-0.2, -0.15) is 0 Å². The molecule has 0 bridgehead atoms. The third kappa shape index (κ3) is 1.02. The summed E-state index contributed by atoms with van der Waals surface area (Å²) in [7, 11) is 0. The van der Waals surface area contributed by atoms with E-state index in [1.54, 1.807) is 12.4 Å². The first-order valence-corrected chi connectivity index (χ1v) is 4.52. The molecule has 0 radical (unpaired) electrons. The molecule has 1 fully saturated rings. The Balaban J connectivity index is 2.31. The molecule has 12 heavy (non-hydrogen) atoms. The van der Waals surface area contributed by atoms with Crippen molar-refractivity contribution in [1.29, 1.82) is 0 Å². The molecule has 2 nitrogen and oxygen atoms in total. The third-order valence-electron chi connectivity index (χ3n) is 2.97. The predicted molar refractivity (Wildman–Crippen MR) is 47.8 cm³/mol. The van der Waals surface area contributed by atoms with E-state index in [1.165, 1.54) is 18.5 Å². The molecular formula is C10H14N2. The molecule has 1 aliphatic carbocycles. The Bertz CT molecular complexity index is 262. The van der Waals surface area contributed by atoms with Gasteiger partial charge in [0.25, 0.3) is 0 Å². The second kappa shape index (κ2) is 2.54. The normalized spacial score (nSPS) is 19.6. The molecule has 0 aliphatic heterocycles. The van der Waals surface area contributed by atoms with Crippen molar-refractivity contribution < 1.29 is 0 Å². The van der Waals surface area contributed by atoms with Crippen molar-refractivity contribution in [2.24, 2.45) is 5.92 Å². The van der Waals surface area contributed by atoms with E-state index in [1.807, 2.05) is 6.20 Å². The van der Waals surface area contributed by atoms with Crippen molar-refractivity contribution in [2.75, 3.05) is 0 Å². The molecule has 0 N–H and O–H groups in total. The molecule has 1 heterocycles. The van der Waals surface area contributed by atoms with Crippen molar-refractivity contribution in [2.45, 2.75) is 32.1 Å². The standard InChI is InChI=1S/C10H14N2/c1-8(2)10(3-4-10)9-7-11-5-6-12-9/h5-8H,3-4H2,1-2H3. The number of aromatic nitrogens is 2. The first kappa shape index (κ1) is 7.71. The molecule has 2 heteroatoms. The number of nitrogens with zero attached hydrogens (tertiary/aromatic N) is 2. The molecule has 1 aromatic rings. The molecule has 1 aliphatic rings. The van der Waals surface area contributed by atoms with Crippen molar-refractivity contribution >= 4 is 0 Å². The second-order valence-corrected chi connectivity index (χ2v) is 3.90. The fraction of sp³-hybridized carbons (Fsp3) is 0.600. The number of hydrogen-bond acceptors (Lipinski definition) is 2. The smallest absolute Gasteiger partial charge is 0.0650 e. The van der Waals surface area contributed by atoms with Gasteiger partial charge in [-0.3, -0.25) is 9.97 Å². The SMILES string of the molecule is CC(C)C1(c2cnccn2)CC1. The van der Waals surface area contributed by atoms with Crippen LogP contribution in [0.25, 0.3) is 0 Å². The Morgan fingerprint density at radius 2 is 2.08 bits per heavy atom. The maximum atomic E-state index is 4.37. The molecule has 0 amide bonds. The zero-order chi connectivity index (χ0) is 8.60. The van der Waals surface area contributed by atoms with Crippen molar-refractivity contribution in [3.05, 3.63) is 24.3 Å². The van der Waals surface area contributed by atoms with Crippen LogP contribution in [0, 0.1) is 5.92 Å². The van der Waals surface area contributed by atoms with Gasteiger partial charge in [0, 0.05) is 24.0 Å². The van der Waals surface area contributed by atoms with E-state index in [4.69, 9.17) is 0 Å². The van der Waals surface area contributed by atoms with Crippen LogP contribution in [-0.2, 0) is 5.41 Å². The van der Waals surface area contributed by atoms with Crippen molar-refractivity contribution in [3.8, 4) is 0 Å². The summed E-state index contributed by atoms with van der Waals surface area (Å²) < 4.78 is 0. The molecule has 0 aromatic carbocycles. The van der Waals surface area contributed by atoms with E-state index in [0.29, 0.717) is 11.3 Å². The largest absolute Gasteiger partial charge is 0.261 e. The van der Waals surface area contributed by atoms with Crippen LogP contribution in [0.4, 0.5) is 0 Å². The average molecular weight is 162 g/mol. The van der Waals surface area contributed by atoms with Crippen LogP contribution >= 0.6 is 0 Å². The van der Waals surface area contributed by atoms with Gasteiger partial charge in [0.1, 0.15) is 0 Å². The Morgan fingerprint density at radius 3 is 2.50 bits per heavy atom. The molecule has 0 saturated heterocycles. The van der Waals surface area contributed by atoms with Gasteiger partial charge in [-0.1, -0.05) is 13.8 Å². The summed E-state index contributed by atoms with van der Waals surface area (Å²) in [6, 6.07) is 0. The predicted octanol–water partition coefficient (Wildman–Crippen LogP) is 2.16. The van der Waals surface area contributed by atoms with Gasteiger partial charge >= 0.3 is 0 Å². The van der Waals surface area contributed by atoms with Crippen LogP contribution in [0.5, 0.6) is 0 Å². The summed E-state index contributed by atoms with van der Waals surface area (Å²) in [4.78, 5) is 8.48. The molecule has 1 aromatic heterocycles. The van der Waals surface area contributed by atoms with Gasteiger partial charge in [-0.05, 0) is 18.8 Å². The third-order valence-corrected chi connectivity index (χ3v) is 2.97. The molecular weight excluding hydrogens is 148 g/mol. The van der Waals surface area contributed by atoms with Crippen LogP contribution in [0.3, 0.4) is 0 Å². The lowest BCUT2D eigenvalue weighted by Gasteiger charge is -2.17. The number of rotatable bonds is 2. The minimum absolute atomic E-state index is 0.369. The highest BCUT2D eigenvalue weighted by Gasteiger charge is 2.48. The van der Waals surface area contributed by atoms with E-state index >= 15 is 0 Å². The first-order valence-electron chi connectivity index (χ1n) is 4.52. The van der Waals surface area contributed by atoms with Crippen molar-refractivity contribution in [3.63, 3.8) is 0 Å². The topological polar surface area (TPSA) is 25.8 Å². The fourth-order valence-electron chi connectivity index (χ4n) is 1.82. The second-order valence-electron chi connectivity index (χ2n) is 3.90. The minimum atomic E-state index is 0.369. The molecule has 0 unspecified atom stereocenters. The lowest BCUT2D eigenvalue weighted by Crippen LogP contribution is -2.16. The van der Waals surface area contributed by atoms with Gasteiger partial charge in [0.05, 0.1) is 5.69 Å². The molecule has 2 rings (SSSR count). The molecule has 64 valence electrons. The van der Waals surface area contributed by atoms with Gasteiger partial charge in [0.15, 0.2) is 0 Å².